The molecule has 0 unspecified atom stereocenters. The molecule has 0 radical (unpaired) electrons. The molecule has 2 aromatic rings. The summed E-state index contributed by atoms with van der Waals surface area (Å²) in [4.78, 5) is 11.2. The monoisotopic (exact) mass is 244 g/mol. The second-order valence-electron chi connectivity index (χ2n) is 4.03. The van der Waals surface area contributed by atoms with Gasteiger partial charge >= 0.3 is 0 Å². The lowest BCUT2D eigenvalue weighted by atomic mass is 10.1. The lowest BCUT2D eigenvalue weighted by Crippen LogP contribution is -2.19. The summed E-state index contributed by atoms with van der Waals surface area (Å²) >= 11 is 0. The first-order valence-electron chi connectivity index (χ1n) is 5.82. The maximum absolute atomic E-state index is 11.2. The van der Waals surface area contributed by atoms with Gasteiger partial charge in [-0.15, -0.1) is 0 Å². The summed E-state index contributed by atoms with van der Waals surface area (Å²) in [7, 11) is 1.64. The van der Waals surface area contributed by atoms with Crippen molar-refractivity contribution in [3.05, 3.63) is 54.0 Å². The SMILES string of the molecule is CNC(=O)Cc1ccc(NCc2ccoc2)cc1. The molecule has 1 aromatic heterocycles. The van der Waals surface area contributed by atoms with Crippen LogP contribution in [0.25, 0.3) is 0 Å². The first kappa shape index (κ1) is 12.2. The molecule has 2 N–H and O–H groups in total. The average Bonchev–Trinajstić information content (AvgIpc) is 2.91. The van der Waals surface area contributed by atoms with Crippen molar-refractivity contribution in [2.45, 2.75) is 13.0 Å². The van der Waals surface area contributed by atoms with Crippen LogP contribution in [0.4, 0.5) is 5.69 Å². The van der Waals surface area contributed by atoms with E-state index in [0.29, 0.717) is 6.42 Å². The van der Waals surface area contributed by atoms with Gasteiger partial charge in [-0.2, -0.15) is 0 Å². The van der Waals surface area contributed by atoms with E-state index in [-0.39, 0.29) is 5.91 Å². The Hall–Kier alpha value is -2.23. The van der Waals surface area contributed by atoms with Crippen molar-refractivity contribution in [3.63, 3.8) is 0 Å². The quantitative estimate of drug-likeness (QED) is 0.847. The maximum atomic E-state index is 11.2. The molecule has 0 saturated heterocycles. The number of nitrogens with one attached hydrogen (secondary N) is 2. The number of hydrogen-bond donors (Lipinski definition) is 2. The minimum atomic E-state index is 0.0223. The minimum absolute atomic E-state index is 0.0223. The van der Waals surface area contributed by atoms with Crippen molar-refractivity contribution < 1.29 is 9.21 Å². The number of hydrogen-bond acceptors (Lipinski definition) is 3. The summed E-state index contributed by atoms with van der Waals surface area (Å²) in [5, 5.41) is 5.89. The molecular formula is C14H16N2O2. The number of benzene rings is 1. The summed E-state index contributed by atoms with van der Waals surface area (Å²) < 4.78 is 4.99. The van der Waals surface area contributed by atoms with E-state index in [1.165, 1.54) is 0 Å². The Morgan fingerprint density at radius 1 is 1.17 bits per heavy atom. The zero-order chi connectivity index (χ0) is 12.8. The maximum Gasteiger partial charge on any atom is 0.224 e. The molecule has 0 fully saturated rings. The van der Waals surface area contributed by atoms with Crippen molar-refractivity contribution >= 4 is 11.6 Å². The Balaban J connectivity index is 1.89. The van der Waals surface area contributed by atoms with Crippen molar-refractivity contribution in [1.82, 2.24) is 5.32 Å². The van der Waals surface area contributed by atoms with Crippen LogP contribution in [-0.2, 0) is 17.8 Å². The topological polar surface area (TPSA) is 54.3 Å². The van der Waals surface area contributed by atoms with Gasteiger partial charge in [0.25, 0.3) is 0 Å². The molecule has 4 nitrogen and oxygen atoms in total. The molecule has 1 heterocycles. The predicted molar refractivity (Wildman–Crippen MR) is 70.2 cm³/mol. The van der Waals surface area contributed by atoms with E-state index in [1.54, 1.807) is 19.6 Å². The van der Waals surface area contributed by atoms with E-state index < -0.39 is 0 Å². The molecule has 18 heavy (non-hydrogen) atoms. The van der Waals surface area contributed by atoms with Gasteiger partial charge in [0.2, 0.25) is 5.91 Å². The van der Waals surface area contributed by atoms with E-state index in [9.17, 15) is 4.79 Å². The molecule has 2 rings (SSSR count). The van der Waals surface area contributed by atoms with Crippen LogP contribution in [0.2, 0.25) is 0 Å². The first-order valence-corrected chi connectivity index (χ1v) is 5.82. The van der Waals surface area contributed by atoms with Gasteiger partial charge in [0, 0.05) is 24.8 Å². The molecule has 0 aliphatic rings. The summed E-state index contributed by atoms with van der Waals surface area (Å²) in [6.07, 6.45) is 3.79. The van der Waals surface area contributed by atoms with Gasteiger partial charge < -0.3 is 15.1 Å². The molecule has 0 bridgehead atoms. The molecule has 0 spiro atoms. The fourth-order valence-corrected chi connectivity index (χ4v) is 1.61. The number of carbonyl (C=O) groups excluding carboxylic acids is 1. The number of anilines is 1. The van der Waals surface area contributed by atoms with E-state index >= 15 is 0 Å². The Morgan fingerprint density at radius 2 is 1.94 bits per heavy atom. The third kappa shape index (κ3) is 3.38. The van der Waals surface area contributed by atoms with E-state index in [0.717, 1.165) is 23.4 Å². The highest BCUT2D eigenvalue weighted by Crippen LogP contribution is 2.12. The van der Waals surface area contributed by atoms with Gasteiger partial charge in [-0.1, -0.05) is 12.1 Å². The van der Waals surface area contributed by atoms with Crippen LogP contribution < -0.4 is 10.6 Å². The lowest BCUT2D eigenvalue weighted by Gasteiger charge is -2.06. The molecule has 0 saturated carbocycles. The van der Waals surface area contributed by atoms with Crippen LogP contribution in [0, 0.1) is 0 Å². The van der Waals surface area contributed by atoms with Crippen molar-refractivity contribution in [1.29, 1.82) is 0 Å². The van der Waals surface area contributed by atoms with E-state index in [2.05, 4.69) is 10.6 Å². The van der Waals surface area contributed by atoms with Crippen LogP contribution in [0.1, 0.15) is 11.1 Å². The third-order valence-corrected chi connectivity index (χ3v) is 2.67. The fraction of sp³-hybridized carbons (Fsp3) is 0.214. The fourth-order valence-electron chi connectivity index (χ4n) is 1.61. The van der Waals surface area contributed by atoms with Crippen molar-refractivity contribution in [3.8, 4) is 0 Å². The number of furan rings is 1. The molecular weight excluding hydrogens is 228 g/mol. The molecule has 4 heteroatoms. The van der Waals surface area contributed by atoms with E-state index in [1.807, 2.05) is 30.3 Å². The largest absolute Gasteiger partial charge is 0.472 e. The van der Waals surface area contributed by atoms with Crippen LogP contribution >= 0.6 is 0 Å². The Morgan fingerprint density at radius 3 is 2.56 bits per heavy atom. The number of amides is 1. The second kappa shape index (κ2) is 5.91. The first-order chi connectivity index (χ1) is 8.78. The summed E-state index contributed by atoms with van der Waals surface area (Å²) in [6, 6.07) is 9.77. The van der Waals surface area contributed by atoms with Crippen LogP contribution in [0.3, 0.4) is 0 Å². The molecule has 0 atom stereocenters. The Labute approximate surface area is 106 Å². The number of carbonyl (C=O) groups is 1. The molecule has 0 aliphatic heterocycles. The van der Waals surface area contributed by atoms with Gasteiger partial charge in [-0.25, -0.2) is 0 Å². The van der Waals surface area contributed by atoms with Gasteiger partial charge in [0.15, 0.2) is 0 Å². The zero-order valence-electron chi connectivity index (χ0n) is 10.3. The lowest BCUT2D eigenvalue weighted by molar-refractivity contribution is -0.119. The highest BCUT2D eigenvalue weighted by molar-refractivity contribution is 5.78. The zero-order valence-corrected chi connectivity index (χ0v) is 10.3. The average molecular weight is 244 g/mol. The number of likely N-dealkylation sites (N-methyl/N-ethyl adjacent to an activating group) is 1. The summed E-state index contributed by atoms with van der Waals surface area (Å²) in [6.45, 7) is 0.727. The van der Waals surface area contributed by atoms with E-state index in [4.69, 9.17) is 4.42 Å². The van der Waals surface area contributed by atoms with Gasteiger partial charge in [0.05, 0.1) is 18.9 Å². The molecule has 94 valence electrons. The highest BCUT2D eigenvalue weighted by Gasteiger charge is 2.01. The van der Waals surface area contributed by atoms with Crippen molar-refractivity contribution in [2.24, 2.45) is 0 Å². The Bertz CT molecular complexity index is 489. The van der Waals surface area contributed by atoms with Crippen LogP contribution in [0.5, 0.6) is 0 Å². The molecule has 1 amide bonds. The standard InChI is InChI=1S/C14H16N2O2/c1-15-14(17)8-11-2-4-13(5-3-11)16-9-12-6-7-18-10-12/h2-7,10,16H,8-9H2,1H3,(H,15,17). The molecule has 1 aromatic carbocycles. The highest BCUT2D eigenvalue weighted by atomic mass is 16.3. The van der Waals surface area contributed by atoms with Crippen LogP contribution in [-0.4, -0.2) is 13.0 Å². The normalized spacial score (nSPS) is 10.1. The third-order valence-electron chi connectivity index (χ3n) is 2.67. The van der Waals surface area contributed by atoms with Crippen molar-refractivity contribution in [2.75, 3.05) is 12.4 Å². The molecule has 0 aliphatic carbocycles. The Kier molecular flexibility index (Phi) is 4.02. The number of rotatable bonds is 5. The summed E-state index contributed by atoms with van der Waals surface area (Å²) in [5.74, 6) is 0.0223. The minimum Gasteiger partial charge on any atom is -0.472 e. The van der Waals surface area contributed by atoms with Gasteiger partial charge in [-0.05, 0) is 23.8 Å². The van der Waals surface area contributed by atoms with Gasteiger partial charge in [0.1, 0.15) is 0 Å². The van der Waals surface area contributed by atoms with Gasteiger partial charge in [-0.3, -0.25) is 4.79 Å². The predicted octanol–water partition coefficient (Wildman–Crippen LogP) is 2.18. The van der Waals surface area contributed by atoms with Crippen LogP contribution in [0.15, 0.2) is 47.3 Å². The smallest absolute Gasteiger partial charge is 0.224 e. The summed E-state index contributed by atoms with van der Waals surface area (Å²) in [5.41, 5.74) is 3.13. The second-order valence-corrected chi connectivity index (χ2v) is 4.03.